The summed E-state index contributed by atoms with van der Waals surface area (Å²) in [5.74, 6) is 1.03. The average molecular weight is 260 g/mol. The van der Waals surface area contributed by atoms with Gasteiger partial charge < -0.3 is 10.2 Å². The third kappa shape index (κ3) is 2.68. The molecule has 4 heteroatoms. The van der Waals surface area contributed by atoms with Crippen LogP contribution in [0, 0.1) is 0 Å². The van der Waals surface area contributed by atoms with E-state index in [4.69, 9.17) is 0 Å². The summed E-state index contributed by atoms with van der Waals surface area (Å²) in [4.78, 5) is 9.19. The van der Waals surface area contributed by atoms with Gasteiger partial charge in [0.05, 0.1) is 5.69 Å². The molecule has 1 aliphatic carbocycles. The SMILES string of the molecule is CC1CC(Nc2cccnc2N(C)C)CN1C1CC1. The van der Waals surface area contributed by atoms with Gasteiger partial charge in [0.2, 0.25) is 0 Å². The Morgan fingerprint density at radius 1 is 1.37 bits per heavy atom. The molecule has 1 saturated carbocycles. The first-order chi connectivity index (χ1) is 9.15. The number of anilines is 2. The zero-order chi connectivity index (χ0) is 13.4. The van der Waals surface area contributed by atoms with E-state index in [-0.39, 0.29) is 0 Å². The van der Waals surface area contributed by atoms with E-state index in [1.54, 1.807) is 0 Å². The van der Waals surface area contributed by atoms with E-state index in [0.29, 0.717) is 12.1 Å². The first-order valence-electron chi connectivity index (χ1n) is 7.30. The number of likely N-dealkylation sites (tertiary alicyclic amines) is 1. The maximum atomic E-state index is 4.46. The minimum Gasteiger partial charge on any atom is -0.378 e. The predicted octanol–water partition coefficient (Wildman–Crippen LogP) is 2.18. The minimum atomic E-state index is 0.554. The highest BCUT2D eigenvalue weighted by Crippen LogP contribution is 2.34. The van der Waals surface area contributed by atoms with E-state index >= 15 is 0 Å². The molecule has 0 bridgehead atoms. The Kier molecular flexibility index (Phi) is 3.35. The largest absolute Gasteiger partial charge is 0.378 e. The number of aromatic nitrogens is 1. The van der Waals surface area contributed by atoms with Gasteiger partial charge in [-0.25, -0.2) is 4.98 Å². The molecule has 19 heavy (non-hydrogen) atoms. The van der Waals surface area contributed by atoms with Crippen LogP contribution in [0.3, 0.4) is 0 Å². The van der Waals surface area contributed by atoms with Crippen molar-refractivity contribution >= 4 is 11.5 Å². The predicted molar refractivity (Wildman–Crippen MR) is 79.8 cm³/mol. The van der Waals surface area contributed by atoms with Crippen molar-refractivity contribution in [1.29, 1.82) is 0 Å². The van der Waals surface area contributed by atoms with Crippen molar-refractivity contribution in [2.24, 2.45) is 0 Å². The normalized spacial score (nSPS) is 27.5. The van der Waals surface area contributed by atoms with E-state index in [1.165, 1.54) is 25.8 Å². The maximum Gasteiger partial charge on any atom is 0.151 e. The molecule has 0 amide bonds. The lowest BCUT2D eigenvalue weighted by Crippen LogP contribution is -2.31. The van der Waals surface area contributed by atoms with Crippen LogP contribution >= 0.6 is 0 Å². The molecule has 2 fully saturated rings. The molecule has 0 radical (unpaired) electrons. The number of hydrogen-bond donors (Lipinski definition) is 1. The quantitative estimate of drug-likeness (QED) is 0.899. The van der Waals surface area contributed by atoms with Crippen LogP contribution in [0.25, 0.3) is 0 Å². The summed E-state index contributed by atoms with van der Waals surface area (Å²) in [5, 5.41) is 3.69. The van der Waals surface area contributed by atoms with Gasteiger partial charge in [0.25, 0.3) is 0 Å². The zero-order valence-corrected chi connectivity index (χ0v) is 12.1. The average Bonchev–Trinajstić information content (AvgIpc) is 3.15. The summed E-state index contributed by atoms with van der Waals surface area (Å²) in [6, 6.07) is 6.27. The smallest absolute Gasteiger partial charge is 0.151 e. The number of nitrogens with one attached hydrogen (secondary N) is 1. The van der Waals surface area contributed by atoms with Gasteiger partial charge in [-0.05, 0) is 38.3 Å². The molecule has 1 aromatic heterocycles. The zero-order valence-electron chi connectivity index (χ0n) is 12.1. The first-order valence-corrected chi connectivity index (χ1v) is 7.30. The highest BCUT2D eigenvalue weighted by Gasteiger charge is 2.38. The maximum absolute atomic E-state index is 4.46. The molecule has 1 N–H and O–H groups in total. The Balaban J connectivity index is 1.69. The Bertz CT molecular complexity index is 442. The molecule has 1 aromatic rings. The van der Waals surface area contributed by atoms with Crippen molar-refractivity contribution < 1.29 is 0 Å². The fourth-order valence-electron chi connectivity index (χ4n) is 3.16. The van der Waals surface area contributed by atoms with Crippen molar-refractivity contribution in [3.63, 3.8) is 0 Å². The van der Waals surface area contributed by atoms with Gasteiger partial charge in [0.15, 0.2) is 5.82 Å². The summed E-state index contributed by atoms with van der Waals surface area (Å²) in [6.07, 6.45) is 5.88. The summed E-state index contributed by atoms with van der Waals surface area (Å²) in [6.45, 7) is 3.53. The molecular weight excluding hydrogens is 236 g/mol. The van der Waals surface area contributed by atoms with Crippen LogP contribution in [-0.4, -0.2) is 48.6 Å². The van der Waals surface area contributed by atoms with Crippen LogP contribution in [0.15, 0.2) is 18.3 Å². The molecule has 1 aliphatic heterocycles. The molecular formula is C15H24N4. The van der Waals surface area contributed by atoms with Gasteiger partial charge in [0, 0.05) is 45.0 Å². The lowest BCUT2D eigenvalue weighted by Gasteiger charge is -2.21. The van der Waals surface area contributed by atoms with Crippen LogP contribution in [0.4, 0.5) is 11.5 Å². The van der Waals surface area contributed by atoms with Crippen molar-refractivity contribution in [3.05, 3.63) is 18.3 Å². The molecule has 2 heterocycles. The summed E-state index contributed by atoms with van der Waals surface area (Å²) >= 11 is 0. The summed E-state index contributed by atoms with van der Waals surface area (Å²) in [5.41, 5.74) is 1.15. The van der Waals surface area contributed by atoms with E-state index in [2.05, 4.69) is 33.1 Å². The van der Waals surface area contributed by atoms with Crippen LogP contribution in [0.5, 0.6) is 0 Å². The Morgan fingerprint density at radius 2 is 2.16 bits per heavy atom. The molecule has 0 spiro atoms. The highest BCUT2D eigenvalue weighted by atomic mass is 15.3. The van der Waals surface area contributed by atoms with Gasteiger partial charge in [-0.1, -0.05) is 0 Å². The van der Waals surface area contributed by atoms with Gasteiger partial charge in [-0.15, -0.1) is 0 Å². The Morgan fingerprint density at radius 3 is 2.84 bits per heavy atom. The van der Waals surface area contributed by atoms with E-state index in [9.17, 15) is 0 Å². The van der Waals surface area contributed by atoms with Crippen molar-refractivity contribution in [2.45, 2.75) is 44.3 Å². The second-order valence-electron chi connectivity index (χ2n) is 6.12. The fourth-order valence-corrected chi connectivity index (χ4v) is 3.16. The van der Waals surface area contributed by atoms with Crippen molar-refractivity contribution in [1.82, 2.24) is 9.88 Å². The lowest BCUT2D eigenvalue weighted by molar-refractivity contribution is 0.257. The molecule has 1 saturated heterocycles. The minimum absolute atomic E-state index is 0.554. The number of pyridine rings is 1. The van der Waals surface area contributed by atoms with Gasteiger partial charge in [-0.3, -0.25) is 4.90 Å². The van der Waals surface area contributed by atoms with Gasteiger partial charge in [0.1, 0.15) is 0 Å². The third-order valence-corrected chi connectivity index (χ3v) is 4.21. The number of nitrogens with zero attached hydrogens (tertiary/aromatic N) is 3. The van der Waals surface area contributed by atoms with Crippen molar-refractivity contribution in [2.75, 3.05) is 30.9 Å². The Labute approximate surface area is 115 Å². The summed E-state index contributed by atoms with van der Waals surface area (Å²) < 4.78 is 0. The fraction of sp³-hybridized carbons (Fsp3) is 0.667. The van der Waals surface area contributed by atoms with Crippen LogP contribution in [0.1, 0.15) is 26.2 Å². The lowest BCUT2D eigenvalue weighted by atomic mass is 10.2. The standard InChI is InChI=1S/C15H24N4/c1-11-9-12(10-19(11)13-6-7-13)17-14-5-4-8-16-15(14)18(2)3/h4-5,8,11-13,17H,6-7,9-10H2,1-3H3. The van der Waals surface area contributed by atoms with Crippen molar-refractivity contribution in [3.8, 4) is 0 Å². The second-order valence-corrected chi connectivity index (χ2v) is 6.12. The molecule has 0 aromatic carbocycles. The topological polar surface area (TPSA) is 31.4 Å². The molecule has 2 unspecified atom stereocenters. The first kappa shape index (κ1) is 12.7. The number of hydrogen-bond acceptors (Lipinski definition) is 4. The summed E-state index contributed by atoms with van der Waals surface area (Å²) in [7, 11) is 4.09. The molecule has 4 nitrogen and oxygen atoms in total. The van der Waals surface area contributed by atoms with Crippen LogP contribution < -0.4 is 10.2 Å². The molecule has 2 atom stereocenters. The van der Waals surface area contributed by atoms with E-state index in [1.807, 2.05) is 26.4 Å². The van der Waals surface area contributed by atoms with E-state index < -0.39 is 0 Å². The van der Waals surface area contributed by atoms with Gasteiger partial charge in [-0.2, -0.15) is 0 Å². The Hall–Kier alpha value is -1.29. The van der Waals surface area contributed by atoms with Crippen LogP contribution in [-0.2, 0) is 0 Å². The van der Waals surface area contributed by atoms with E-state index in [0.717, 1.165) is 17.5 Å². The van der Waals surface area contributed by atoms with Crippen LogP contribution in [0.2, 0.25) is 0 Å². The monoisotopic (exact) mass is 260 g/mol. The second kappa shape index (κ2) is 5.00. The molecule has 3 rings (SSSR count). The number of rotatable bonds is 4. The molecule has 104 valence electrons. The third-order valence-electron chi connectivity index (χ3n) is 4.21. The van der Waals surface area contributed by atoms with Gasteiger partial charge >= 0.3 is 0 Å². The highest BCUT2D eigenvalue weighted by molar-refractivity contribution is 5.65. The molecule has 2 aliphatic rings.